The molecule has 4 N–H and O–H groups in total. The molecule has 2 aromatic heterocycles. The third kappa shape index (κ3) is 2.95. The van der Waals surface area contributed by atoms with Crippen LogP contribution >= 0.6 is 23.2 Å². The normalized spacial score (nSPS) is 24.6. The highest BCUT2D eigenvalue weighted by Gasteiger charge is 2.40. The van der Waals surface area contributed by atoms with Crippen molar-refractivity contribution in [1.29, 1.82) is 0 Å². The van der Waals surface area contributed by atoms with Crippen molar-refractivity contribution >= 4 is 45.3 Å². The zero-order valence-corrected chi connectivity index (χ0v) is 17.5. The summed E-state index contributed by atoms with van der Waals surface area (Å²) < 4.78 is 12.5. The highest BCUT2D eigenvalue weighted by atomic mass is 35.5. The lowest BCUT2D eigenvalue weighted by Gasteiger charge is -2.36. The van der Waals surface area contributed by atoms with Crippen molar-refractivity contribution < 1.29 is 29.6 Å². The van der Waals surface area contributed by atoms with Gasteiger partial charge in [-0.3, -0.25) is 9.36 Å². The molecule has 0 amide bonds. The number of aromatic nitrogens is 1. The number of aryl methyl sites for hydroxylation is 1. The van der Waals surface area contributed by atoms with E-state index in [0.29, 0.717) is 11.1 Å². The molecule has 0 bridgehead atoms. The fourth-order valence-electron chi connectivity index (χ4n) is 4.02. The van der Waals surface area contributed by atoms with E-state index in [9.17, 15) is 25.2 Å². The quantitative estimate of drug-likeness (QED) is 0.351. The van der Waals surface area contributed by atoms with E-state index in [2.05, 4.69) is 0 Å². The molecule has 0 fully saturated rings. The van der Waals surface area contributed by atoms with Crippen molar-refractivity contribution in [2.75, 3.05) is 13.7 Å². The van der Waals surface area contributed by atoms with Gasteiger partial charge in [0.05, 0.1) is 23.1 Å². The van der Waals surface area contributed by atoms with E-state index in [1.165, 1.54) is 29.9 Å². The Hall–Kier alpha value is -2.07. The van der Waals surface area contributed by atoms with Crippen molar-refractivity contribution in [2.24, 2.45) is 0 Å². The maximum atomic E-state index is 13.1. The zero-order chi connectivity index (χ0) is 21.9. The maximum absolute atomic E-state index is 13.1. The summed E-state index contributed by atoms with van der Waals surface area (Å²) in [6.45, 7) is 1.26. The van der Waals surface area contributed by atoms with Crippen LogP contribution in [-0.2, 0) is 4.74 Å². The molecule has 160 valence electrons. The summed E-state index contributed by atoms with van der Waals surface area (Å²) in [7, 11) is 1.36. The molecule has 1 aromatic carbocycles. The lowest BCUT2D eigenvalue weighted by Crippen LogP contribution is -2.48. The minimum Gasteiger partial charge on any atom is -0.505 e. The Balaban J connectivity index is 2.05. The Morgan fingerprint density at radius 3 is 2.57 bits per heavy atom. The predicted octanol–water partition coefficient (Wildman–Crippen LogP) is 2.28. The monoisotopic (exact) mass is 456 g/mol. The van der Waals surface area contributed by atoms with Crippen molar-refractivity contribution in [3.8, 4) is 5.75 Å². The smallest absolute Gasteiger partial charge is 0.213 e. The van der Waals surface area contributed by atoms with Crippen molar-refractivity contribution in [2.45, 2.75) is 31.3 Å². The molecule has 4 atom stereocenters. The number of nitrogens with zero attached hydrogens (tertiary/aromatic N) is 1. The minimum atomic E-state index is -1.36. The van der Waals surface area contributed by atoms with Crippen molar-refractivity contribution in [1.82, 2.24) is 4.57 Å². The minimum absolute atomic E-state index is 0.0177. The first-order valence-corrected chi connectivity index (χ1v) is 9.82. The number of hydrogen-bond donors (Lipinski definition) is 4. The largest absolute Gasteiger partial charge is 0.505 e. The molecule has 0 spiro atoms. The summed E-state index contributed by atoms with van der Waals surface area (Å²) in [4.78, 5) is 13.1. The van der Waals surface area contributed by atoms with Crippen LogP contribution in [0, 0.1) is 6.92 Å². The van der Waals surface area contributed by atoms with Gasteiger partial charge in [0.25, 0.3) is 0 Å². The van der Waals surface area contributed by atoms with E-state index in [1.54, 1.807) is 6.92 Å². The highest BCUT2D eigenvalue weighted by molar-refractivity contribution is 6.33. The fraction of sp³-hybridized carbons (Fsp3) is 0.350. The van der Waals surface area contributed by atoms with Gasteiger partial charge in [0.15, 0.2) is 0 Å². The second-order valence-corrected chi connectivity index (χ2v) is 8.04. The van der Waals surface area contributed by atoms with Gasteiger partial charge in [-0.15, -0.1) is 0 Å². The van der Waals surface area contributed by atoms with Crippen LogP contribution in [0.1, 0.15) is 11.6 Å². The molecule has 10 heteroatoms. The summed E-state index contributed by atoms with van der Waals surface area (Å²) in [5, 5.41) is 41.2. The van der Waals surface area contributed by atoms with E-state index < -0.39 is 42.1 Å². The van der Waals surface area contributed by atoms with Gasteiger partial charge in [-0.05, 0) is 30.2 Å². The number of aromatic hydroxyl groups is 1. The van der Waals surface area contributed by atoms with Crippen LogP contribution in [-0.4, -0.2) is 57.0 Å². The molecule has 1 aliphatic carbocycles. The fourth-order valence-corrected chi connectivity index (χ4v) is 4.57. The van der Waals surface area contributed by atoms with E-state index in [4.69, 9.17) is 32.4 Å². The number of methoxy groups -OCH3 is 1. The van der Waals surface area contributed by atoms with Gasteiger partial charge in [0.2, 0.25) is 11.1 Å². The van der Waals surface area contributed by atoms with E-state index in [0.717, 1.165) is 0 Å². The molecule has 4 unspecified atom stereocenters. The Morgan fingerprint density at radius 2 is 1.93 bits per heavy atom. The summed E-state index contributed by atoms with van der Waals surface area (Å²) in [6, 6.07) is 1.88. The van der Waals surface area contributed by atoms with Gasteiger partial charge >= 0.3 is 0 Å². The number of rotatable bonds is 3. The molecular weight excluding hydrogens is 438 g/mol. The van der Waals surface area contributed by atoms with E-state index in [1.807, 2.05) is 0 Å². The Kier molecular flexibility index (Phi) is 5.34. The van der Waals surface area contributed by atoms with Crippen molar-refractivity contribution in [3.05, 3.63) is 49.7 Å². The molecule has 1 aliphatic rings. The standard InChI is InChI=1S/C20H19Cl2NO7/c1-7-3-10(21)15(26)13-14(25)9-5-12(22)23(20(9)30-18(7)13)11-4-8(6-24)19(29-2)17(28)16(11)27/h3-5,11,16-17,19,24,26-28H,6H2,1-2H3/i2+1. The molecule has 8 nitrogen and oxygen atoms in total. The van der Waals surface area contributed by atoms with Gasteiger partial charge in [-0.2, -0.15) is 0 Å². The lowest BCUT2D eigenvalue weighted by atomic mass is 9.88. The maximum Gasteiger partial charge on any atom is 0.213 e. The summed E-state index contributed by atoms with van der Waals surface area (Å²) in [5.74, 6) is -0.393. The second kappa shape index (κ2) is 7.56. The van der Waals surface area contributed by atoms with Crippen LogP contribution in [0.4, 0.5) is 0 Å². The number of aliphatic hydroxyl groups is 3. The number of aliphatic hydroxyl groups excluding tert-OH is 3. The van der Waals surface area contributed by atoms with Gasteiger partial charge in [0, 0.05) is 7.11 Å². The van der Waals surface area contributed by atoms with Gasteiger partial charge in [-0.25, -0.2) is 0 Å². The first-order chi connectivity index (χ1) is 14.2. The summed E-state index contributed by atoms with van der Waals surface area (Å²) in [5.41, 5.74) is 0.496. The number of benzene rings is 1. The average molecular weight is 457 g/mol. The average Bonchev–Trinajstić information content (AvgIpc) is 3.04. The van der Waals surface area contributed by atoms with Gasteiger partial charge in [-0.1, -0.05) is 29.3 Å². The topological polar surface area (TPSA) is 125 Å². The number of hydrogen-bond acceptors (Lipinski definition) is 7. The number of halogens is 2. The van der Waals surface area contributed by atoms with Crippen LogP contribution in [0.5, 0.6) is 5.75 Å². The van der Waals surface area contributed by atoms with Crippen LogP contribution in [0.25, 0.3) is 22.1 Å². The molecule has 4 rings (SSSR count). The first-order valence-electron chi connectivity index (χ1n) is 9.06. The molecule has 0 saturated heterocycles. The molecule has 3 aromatic rings. The third-order valence-electron chi connectivity index (χ3n) is 5.50. The molecule has 2 heterocycles. The summed E-state index contributed by atoms with van der Waals surface area (Å²) in [6.07, 6.45) is -2.08. The number of fused-ring (bicyclic) bond motifs is 2. The number of phenolic OH excluding ortho intramolecular Hbond substituents is 1. The zero-order valence-electron chi connectivity index (χ0n) is 16.0. The lowest BCUT2D eigenvalue weighted by molar-refractivity contribution is -0.0827. The van der Waals surface area contributed by atoms with Crippen LogP contribution in [0.2, 0.25) is 10.2 Å². The first kappa shape index (κ1) is 21.2. The van der Waals surface area contributed by atoms with Crippen LogP contribution in [0.3, 0.4) is 0 Å². The van der Waals surface area contributed by atoms with Crippen molar-refractivity contribution in [3.63, 3.8) is 0 Å². The summed E-state index contributed by atoms with van der Waals surface area (Å²) >= 11 is 12.4. The SMILES string of the molecule is Cc1cc(Cl)c(O)c2c(=O)c3cc(Cl)n(C4C=C(CO)C(O[13CH3])C(O)C4O)c3oc12. The van der Waals surface area contributed by atoms with E-state index in [-0.39, 0.29) is 32.2 Å². The molecular formula is C20H19Cl2NO7. The van der Waals surface area contributed by atoms with Gasteiger partial charge in [0.1, 0.15) is 40.2 Å². The van der Waals surface area contributed by atoms with E-state index >= 15 is 0 Å². The number of phenols is 1. The van der Waals surface area contributed by atoms with Crippen LogP contribution < -0.4 is 5.43 Å². The molecule has 0 aliphatic heterocycles. The highest BCUT2D eigenvalue weighted by Crippen LogP contribution is 2.39. The Labute approximate surface area is 180 Å². The van der Waals surface area contributed by atoms with Crippen LogP contribution in [0.15, 0.2) is 33.0 Å². The molecule has 30 heavy (non-hydrogen) atoms. The predicted molar refractivity (Wildman–Crippen MR) is 111 cm³/mol. The van der Waals surface area contributed by atoms with Gasteiger partial charge < -0.3 is 29.6 Å². The second-order valence-electron chi connectivity index (χ2n) is 7.24. The Morgan fingerprint density at radius 1 is 1.23 bits per heavy atom. The molecule has 0 saturated carbocycles. The third-order valence-corrected chi connectivity index (χ3v) is 6.08. The Bertz CT molecular complexity index is 1250. The number of ether oxygens (including phenoxy) is 1. The molecule has 0 radical (unpaired) electrons.